The number of amides is 1. The Morgan fingerprint density at radius 3 is 2.43 bits per heavy atom. The van der Waals surface area contributed by atoms with E-state index in [0.29, 0.717) is 12.1 Å². The van der Waals surface area contributed by atoms with Crippen molar-refractivity contribution in [3.05, 3.63) is 120 Å². The Bertz CT molecular complexity index is 1480. The number of thioether (sulfide) groups is 1. The van der Waals surface area contributed by atoms with Crippen LogP contribution in [0.25, 0.3) is 11.0 Å². The summed E-state index contributed by atoms with van der Waals surface area (Å²) in [5, 5.41) is 4.00. The van der Waals surface area contributed by atoms with Crippen molar-refractivity contribution in [1.82, 2.24) is 19.9 Å². The van der Waals surface area contributed by atoms with Crippen LogP contribution in [0.1, 0.15) is 40.0 Å². The zero-order chi connectivity index (χ0) is 25.6. The van der Waals surface area contributed by atoms with Crippen molar-refractivity contribution in [3.63, 3.8) is 0 Å². The summed E-state index contributed by atoms with van der Waals surface area (Å²) >= 11 is 1.69. The van der Waals surface area contributed by atoms with E-state index in [-0.39, 0.29) is 11.9 Å². The van der Waals surface area contributed by atoms with Gasteiger partial charge in [0.1, 0.15) is 5.75 Å². The highest BCUT2D eigenvalue weighted by Gasteiger charge is 2.14. The van der Waals surface area contributed by atoms with E-state index >= 15 is 0 Å². The number of carbonyl (C=O) groups excluding carboxylic acids is 1. The van der Waals surface area contributed by atoms with Crippen LogP contribution in [0.4, 0.5) is 0 Å². The maximum Gasteiger partial charge on any atom is 0.251 e. The summed E-state index contributed by atoms with van der Waals surface area (Å²) in [5.41, 5.74) is 5.90. The number of hydrogen-bond acceptors (Lipinski definition) is 5. The normalized spacial score (nSPS) is 11.8. The molecule has 0 radical (unpaired) electrons. The number of nitrogens with zero attached hydrogens (tertiary/aromatic N) is 3. The molecule has 7 heteroatoms. The molecule has 1 amide bonds. The second-order valence-electron chi connectivity index (χ2n) is 8.78. The van der Waals surface area contributed by atoms with E-state index in [9.17, 15) is 4.79 Å². The van der Waals surface area contributed by atoms with E-state index in [0.717, 1.165) is 38.8 Å². The molecular weight excluding hydrogens is 480 g/mol. The molecule has 0 aliphatic heterocycles. The Morgan fingerprint density at radius 1 is 0.973 bits per heavy atom. The molecule has 0 saturated heterocycles. The van der Waals surface area contributed by atoms with Crippen LogP contribution in [-0.4, -0.2) is 27.6 Å². The first-order valence-electron chi connectivity index (χ1n) is 12.1. The number of fused-ring (bicyclic) bond motifs is 1. The predicted octanol–water partition coefficient (Wildman–Crippen LogP) is 6.27. The Labute approximate surface area is 220 Å². The lowest BCUT2D eigenvalue weighted by Crippen LogP contribution is -2.26. The van der Waals surface area contributed by atoms with Crippen molar-refractivity contribution in [2.45, 2.75) is 30.4 Å². The molecule has 0 aliphatic rings. The van der Waals surface area contributed by atoms with Gasteiger partial charge in [-0.2, -0.15) is 0 Å². The van der Waals surface area contributed by atoms with Crippen molar-refractivity contribution in [2.24, 2.45) is 0 Å². The highest BCUT2D eigenvalue weighted by atomic mass is 32.2. The predicted molar refractivity (Wildman–Crippen MR) is 148 cm³/mol. The van der Waals surface area contributed by atoms with Gasteiger partial charge in [-0.05, 0) is 53.9 Å². The molecule has 1 atom stereocenters. The van der Waals surface area contributed by atoms with Gasteiger partial charge < -0.3 is 14.6 Å². The number of ether oxygens (including phenoxy) is 1. The van der Waals surface area contributed by atoms with Gasteiger partial charge in [0.15, 0.2) is 5.16 Å². The van der Waals surface area contributed by atoms with Gasteiger partial charge in [-0.3, -0.25) is 9.78 Å². The van der Waals surface area contributed by atoms with Gasteiger partial charge in [-0.25, -0.2) is 4.98 Å². The summed E-state index contributed by atoms with van der Waals surface area (Å²) in [6.07, 6.45) is 3.62. The van der Waals surface area contributed by atoms with Crippen LogP contribution in [0.5, 0.6) is 5.75 Å². The van der Waals surface area contributed by atoms with Gasteiger partial charge in [-0.15, -0.1) is 0 Å². The van der Waals surface area contributed by atoms with E-state index in [1.54, 1.807) is 25.1 Å². The zero-order valence-corrected chi connectivity index (χ0v) is 21.6. The summed E-state index contributed by atoms with van der Waals surface area (Å²) in [6, 6.07) is 27.7. The van der Waals surface area contributed by atoms with Crippen molar-refractivity contribution < 1.29 is 9.53 Å². The van der Waals surface area contributed by atoms with Gasteiger partial charge in [-0.1, -0.05) is 66.4 Å². The minimum absolute atomic E-state index is 0.0662. The molecule has 5 rings (SSSR count). The standard InChI is InChI=1S/C30H28N4O2S/c1-21(24-6-4-3-5-7-24)32-29(35)25-12-8-22(9-13-25)19-34-28-18-31-17-16-27(28)33-30(34)37-20-23-10-14-26(36-2)15-11-23/h3-18,21H,19-20H2,1-2H3,(H,32,35)/t21-/m1/s1. The Balaban J connectivity index is 1.31. The highest BCUT2D eigenvalue weighted by molar-refractivity contribution is 7.98. The highest BCUT2D eigenvalue weighted by Crippen LogP contribution is 2.28. The average molecular weight is 509 g/mol. The molecule has 0 aliphatic carbocycles. The average Bonchev–Trinajstić information content (AvgIpc) is 3.30. The first-order chi connectivity index (χ1) is 18.1. The van der Waals surface area contributed by atoms with E-state index in [1.807, 2.05) is 85.9 Å². The summed E-state index contributed by atoms with van der Waals surface area (Å²) in [5.74, 6) is 1.55. The maximum absolute atomic E-state index is 12.8. The number of aromatic nitrogens is 3. The van der Waals surface area contributed by atoms with Crippen molar-refractivity contribution in [1.29, 1.82) is 0 Å². The third-order valence-corrected chi connectivity index (χ3v) is 7.29. The largest absolute Gasteiger partial charge is 0.497 e. The van der Waals surface area contributed by atoms with E-state index in [1.165, 1.54) is 5.56 Å². The summed E-state index contributed by atoms with van der Waals surface area (Å²) in [6.45, 7) is 2.63. The zero-order valence-electron chi connectivity index (χ0n) is 20.8. The number of pyridine rings is 1. The van der Waals surface area contributed by atoms with Crippen LogP contribution in [0.3, 0.4) is 0 Å². The number of rotatable bonds is 9. The fourth-order valence-corrected chi connectivity index (χ4v) is 5.10. The van der Waals surface area contributed by atoms with Gasteiger partial charge in [0.05, 0.1) is 36.9 Å². The van der Waals surface area contributed by atoms with Crippen molar-refractivity contribution in [3.8, 4) is 5.75 Å². The molecule has 3 aromatic carbocycles. The fraction of sp³-hybridized carbons (Fsp3) is 0.167. The Morgan fingerprint density at radius 2 is 1.70 bits per heavy atom. The van der Waals surface area contributed by atoms with Gasteiger partial charge in [0.25, 0.3) is 5.91 Å². The summed E-state index contributed by atoms with van der Waals surface area (Å²) < 4.78 is 7.45. The summed E-state index contributed by atoms with van der Waals surface area (Å²) in [7, 11) is 1.67. The molecule has 1 N–H and O–H groups in total. The molecule has 5 aromatic rings. The lowest BCUT2D eigenvalue weighted by atomic mass is 10.1. The SMILES string of the molecule is COc1ccc(CSc2nc3ccncc3n2Cc2ccc(C(=O)N[C@H](C)c3ccccc3)cc2)cc1. The smallest absolute Gasteiger partial charge is 0.251 e. The van der Waals surface area contributed by atoms with Gasteiger partial charge in [0, 0.05) is 17.5 Å². The molecule has 0 fully saturated rings. The topological polar surface area (TPSA) is 69.0 Å². The first-order valence-corrected chi connectivity index (χ1v) is 13.1. The number of benzene rings is 3. The Hall–Kier alpha value is -4.10. The number of carbonyl (C=O) groups is 1. The Kier molecular flexibility index (Phi) is 7.51. The van der Waals surface area contributed by atoms with Crippen LogP contribution in [0.15, 0.2) is 102 Å². The third kappa shape index (κ3) is 5.84. The van der Waals surface area contributed by atoms with E-state index < -0.39 is 0 Å². The number of nitrogens with one attached hydrogen (secondary N) is 1. The van der Waals surface area contributed by atoms with Crippen LogP contribution >= 0.6 is 11.8 Å². The number of methoxy groups -OCH3 is 1. The molecule has 0 spiro atoms. The fourth-order valence-electron chi connectivity index (χ4n) is 4.13. The number of imidazole rings is 1. The molecular formula is C30H28N4O2S. The molecule has 37 heavy (non-hydrogen) atoms. The maximum atomic E-state index is 12.8. The van der Waals surface area contributed by atoms with Crippen molar-refractivity contribution >= 4 is 28.7 Å². The first kappa shape index (κ1) is 24.6. The lowest BCUT2D eigenvalue weighted by molar-refractivity contribution is 0.0940. The quantitative estimate of drug-likeness (QED) is 0.238. The van der Waals surface area contributed by atoms with Crippen LogP contribution in [0.2, 0.25) is 0 Å². The summed E-state index contributed by atoms with van der Waals surface area (Å²) in [4.78, 5) is 22.0. The third-order valence-electron chi connectivity index (χ3n) is 6.25. The number of hydrogen-bond donors (Lipinski definition) is 1. The second kappa shape index (κ2) is 11.3. The van der Waals surface area contributed by atoms with E-state index in [2.05, 4.69) is 27.0 Å². The van der Waals surface area contributed by atoms with Crippen LogP contribution < -0.4 is 10.1 Å². The molecule has 6 nitrogen and oxygen atoms in total. The minimum atomic E-state index is -0.0871. The molecule has 0 unspecified atom stereocenters. The lowest BCUT2D eigenvalue weighted by Gasteiger charge is -2.14. The second-order valence-corrected chi connectivity index (χ2v) is 9.73. The molecule has 0 bridgehead atoms. The van der Waals surface area contributed by atoms with Crippen molar-refractivity contribution in [2.75, 3.05) is 7.11 Å². The van der Waals surface area contributed by atoms with Crippen LogP contribution in [-0.2, 0) is 12.3 Å². The van der Waals surface area contributed by atoms with Gasteiger partial charge >= 0.3 is 0 Å². The molecule has 0 saturated carbocycles. The molecule has 186 valence electrons. The van der Waals surface area contributed by atoms with Gasteiger partial charge in [0.2, 0.25) is 0 Å². The minimum Gasteiger partial charge on any atom is -0.497 e. The van der Waals surface area contributed by atoms with Crippen LogP contribution in [0, 0.1) is 0 Å². The van der Waals surface area contributed by atoms with E-state index in [4.69, 9.17) is 9.72 Å². The molecule has 2 heterocycles. The monoisotopic (exact) mass is 508 g/mol. The molecule has 2 aromatic heterocycles.